The average Bonchev–Trinajstić information content (AvgIpc) is 2.58. The summed E-state index contributed by atoms with van der Waals surface area (Å²) in [6.07, 6.45) is 0. The molecule has 2 rings (SSSR count). The van der Waals surface area contributed by atoms with Crippen LogP contribution < -0.4 is 15.2 Å². The monoisotopic (exact) mass is 460 g/mol. The molecule has 2 aromatic rings. The van der Waals surface area contributed by atoms with E-state index in [9.17, 15) is 22.4 Å². The van der Waals surface area contributed by atoms with E-state index >= 15 is 0 Å². The number of esters is 1. The van der Waals surface area contributed by atoms with E-state index < -0.39 is 40.9 Å². The lowest BCUT2D eigenvalue weighted by molar-refractivity contribution is -0.149. The van der Waals surface area contributed by atoms with Gasteiger partial charge in [-0.2, -0.15) is 0 Å². The highest BCUT2D eigenvalue weighted by Gasteiger charge is 2.12. The molecule has 0 aliphatic rings. The van der Waals surface area contributed by atoms with Crippen LogP contribution in [0.25, 0.3) is 0 Å². The van der Waals surface area contributed by atoms with Gasteiger partial charge in [0.2, 0.25) is 10.0 Å². The van der Waals surface area contributed by atoms with Gasteiger partial charge in [-0.25, -0.2) is 22.7 Å². The van der Waals surface area contributed by atoms with Crippen LogP contribution in [0.3, 0.4) is 0 Å². The molecular weight excluding hydrogens is 447 g/mol. The fourth-order valence-electron chi connectivity index (χ4n) is 1.86. The number of anilines is 1. The van der Waals surface area contributed by atoms with E-state index in [1.165, 1.54) is 36.4 Å². The van der Waals surface area contributed by atoms with Gasteiger partial charge in [0.05, 0.1) is 9.37 Å². The number of ether oxygens (including phenoxy) is 2. The molecule has 0 aromatic heterocycles. The van der Waals surface area contributed by atoms with E-state index in [1.807, 2.05) is 0 Å². The average molecular weight is 461 g/mol. The zero-order valence-corrected chi connectivity index (χ0v) is 16.0. The summed E-state index contributed by atoms with van der Waals surface area (Å²) in [5.74, 6) is -1.74. The summed E-state index contributed by atoms with van der Waals surface area (Å²) >= 11 is 3.08. The smallest absolute Gasteiger partial charge is 0.344 e. The number of carbonyl (C=O) groups excluding carboxylic acids is 2. The lowest BCUT2D eigenvalue weighted by atomic mass is 10.3. The second-order valence-electron chi connectivity index (χ2n) is 5.15. The Hall–Kier alpha value is -2.50. The van der Waals surface area contributed by atoms with E-state index in [2.05, 4.69) is 21.2 Å². The SMILES string of the molecule is NS(=O)(=O)c1cccc(NC(=O)COC(=O)COc2ccc(F)cc2Br)c1. The maximum atomic E-state index is 13.0. The van der Waals surface area contributed by atoms with Crippen molar-refractivity contribution in [3.63, 3.8) is 0 Å². The highest BCUT2D eigenvalue weighted by molar-refractivity contribution is 9.10. The third kappa shape index (κ3) is 6.62. The minimum absolute atomic E-state index is 0.171. The molecule has 1 amide bonds. The van der Waals surface area contributed by atoms with Gasteiger partial charge in [0, 0.05) is 5.69 Å². The third-order valence-corrected chi connectivity index (χ3v) is 4.58. The molecule has 0 unspecified atom stereocenters. The molecule has 3 N–H and O–H groups in total. The molecule has 0 aliphatic carbocycles. The van der Waals surface area contributed by atoms with Crippen LogP contribution in [0.2, 0.25) is 0 Å². The van der Waals surface area contributed by atoms with Gasteiger partial charge in [-0.15, -0.1) is 0 Å². The molecule has 144 valence electrons. The first-order valence-corrected chi connectivity index (χ1v) is 9.65. The molecule has 2 aromatic carbocycles. The first kappa shape index (κ1) is 20.8. The van der Waals surface area contributed by atoms with Crippen molar-refractivity contribution in [2.75, 3.05) is 18.5 Å². The van der Waals surface area contributed by atoms with Gasteiger partial charge in [0.25, 0.3) is 5.91 Å². The van der Waals surface area contributed by atoms with Crippen molar-refractivity contribution >= 4 is 43.5 Å². The van der Waals surface area contributed by atoms with E-state index in [1.54, 1.807) is 0 Å². The summed E-state index contributed by atoms with van der Waals surface area (Å²) in [5.41, 5.74) is 0.175. The maximum Gasteiger partial charge on any atom is 0.344 e. The van der Waals surface area contributed by atoms with Crippen molar-refractivity contribution in [3.8, 4) is 5.75 Å². The van der Waals surface area contributed by atoms with Crippen molar-refractivity contribution in [2.24, 2.45) is 5.14 Å². The highest BCUT2D eigenvalue weighted by atomic mass is 79.9. The second kappa shape index (κ2) is 8.93. The molecule has 0 spiro atoms. The number of hydrogen-bond donors (Lipinski definition) is 2. The van der Waals surface area contributed by atoms with Gasteiger partial charge in [0.15, 0.2) is 13.2 Å². The van der Waals surface area contributed by atoms with Gasteiger partial charge >= 0.3 is 5.97 Å². The van der Waals surface area contributed by atoms with Crippen LogP contribution in [-0.2, 0) is 24.3 Å². The van der Waals surface area contributed by atoms with E-state index in [-0.39, 0.29) is 16.3 Å². The van der Waals surface area contributed by atoms with Crippen LogP contribution in [0.1, 0.15) is 0 Å². The summed E-state index contributed by atoms with van der Waals surface area (Å²) < 4.78 is 45.7. The van der Waals surface area contributed by atoms with Crippen LogP contribution in [0.5, 0.6) is 5.75 Å². The first-order chi connectivity index (χ1) is 12.6. The Labute approximate surface area is 162 Å². The number of primary sulfonamides is 1. The summed E-state index contributed by atoms with van der Waals surface area (Å²) in [6, 6.07) is 8.95. The molecule has 0 saturated heterocycles. The lowest BCUT2D eigenvalue weighted by Crippen LogP contribution is -2.24. The number of halogens is 2. The lowest BCUT2D eigenvalue weighted by Gasteiger charge is -2.09. The van der Waals surface area contributed by atoms with Gasteiger partial charge < -0.3 is 14.8 Å². The number of nitrogens with one attached hydrogen (secondary N) is 1. The van der Waals surface area contributed by atoms with Crippen molar-refractivity contribution in [2.45, 2.75) is 4.90 Å². The Morgan fingerprint density at radius 2 is 1.89 bits per heavy atom. The molecule has 27 heavy (non-hydrogen) atoms. The minimum atomic E-state index is -3.91. The molecule has 0 aliphatic heterocycles. The topological polar surface area (TPSA) is 125 Å². The summed E-state index contributed by atoms with van der Waals surface area (Å²) in [6.45, 7) is -1.09. The Morgan fingerprint density at radius 3 is 2.56 bits per heavy atom. The minimum Gasteiger partial charge on any atom is -0.481 e. The molecule has 0 fully saturated rings. The van der Waals surface area contributed by atoms with Crippen LogP contribution in [0, 0.1) is 5.82 Å². The number of hydrogen-bond acceptors (Lipinski definition) is 6. The number of rotatable bonds is 7. The fraction of sp³-hybridized carbons (Fsp3) is 0.125. The number of benzene rings is 2. The van der Waals surface area contributed by atoms with Gasteiger partial charge in [-0.1, -0.05) is 6.07 Å². The van der Waals surface area contributed by atoms with Crippen LogP contribution in [0.15, 0.2) is 51.8 Å². The fourth-order valence-corrected chi connectivity index (χ4v) is 2.89. The molecule has 0 heterocycles. The third-order valence-electron chi connectivity index (χ3n) is 3.05. The molecule has 0 radical (unpaired) electrons. The molecule has 11 heteroatoms. The zero-order valence-electron chi connectivity index (χ0n) is 13.6. The second-order valence-corrected chi connectivity index (χ2v) is 7.56. The molecule has 0 bridgehead atoms. The van der Waals surface area contributed by atoms with E-state index in [4.69, 9.17) is 14.6 Å². The van der Waals surface area contributed by atoms with Crippen LogP contribution in [-0.4, -0.2) is 33.5 Å². The Morgan fingerprint density at radius 1 is 1.15 bits per heavy atom. The first-order valence-electron chi connectivity index (χ1n) is 7.31. The summed E-state index contributed by atoms with van der Waals surface area (Å²) in [7, 11) is -3.91. The Bertz CT molecular complexity index is 967. The normalized spacial score (nSPS) is 10.9. The molecule has 0 atom stereocenters. The van der Waals surface area contributed by atoms with Crippen molar-refractivity contribution in [1.82, 2.24) is 0 Å². The molecule has 8 nitrogen and oxygen atoms in total. The number of nitrogens with two attached hydrogens (primary N) is 1. The molecule has 0 saturated carbocycles. The van der Waals surface area contributed by atoms with Gasteiger partial charge in [-0.3, -0.25) is 4.79 Å². The zero-order chi connectivity index (χ0) is 20.0. The maximum absolute atomic E-state index is 13.0. The summed E-state index contributed by atoms with van der Waals surface area (Å²) in [4.78, 5) is 23.2. The Balaban J connectivity index is 1.82. The van der Waals surface area contributed by atoms with Crippen molar-refractivity contribution in [3.05, 3.63) is 52.8 Å². The largest absolute Gasteiger partial charge is 0.481 e. The van der Waals surface area contributed by atoms with Crippen LogP contribution in [0.4, 0.5) is 10.1 Å². The van der Waals surface area contributed by atoms with Gasteiger partial charge in [0.1, 0.15) is 11.6 Å². The number of sulfonamides is 1. The predicted molar refractivity (Wildman–Crippen MR) is 97.0 cm³/mol. The Kier molecular flexibility index (Phi) is 6.88. The van der Waals surface area contributed by atoms with Crippen molar-refractivity contribution in [1.29, 1.82) is 0 Å². The number of amides is 1. The molecular formula is C16H14BrFN2O6S. The predicted octanol–water partition coefficient (Wildman–Crippen LogP) is 1.80. The van der Waals surface area contributed by atoms with Crippen LogP contribution >= 0.6 is 15.9 Å². The van der Waals surface area contributed by atoms with E-state index in [0.717, 1.165) is 6.07 Å². The van der Waals surface area contributed by atoms with E-state index in [0.29, 0.717) is 4.47 Å². The quantitative estimate of drug-likeness (QED) is 0.606. The highest BCUT2D eigenvalue weighted by Crippen LogP contribution is 2.25. The standard InChI is InChI=1S/C16H14BrFN2O6S/c17-13-6-10(18)4-5-14(13)25-9-16(22)26-8-15(21)20-11-2-1-3-12(7-11)27(19,23)24/h1-7H,8-9H2,(H,20,21)(H2,19,23,24). The summed E-state index contributed by atoms with van der Waals surface area (Å²) in [5, 5.41) is 7.38. The van der Waals surface area contributed by atoms with Crippen molar-refractivity contribution < 1.29 is 31.9 Å². The number of carbonyl (C=O) groups is 2. The van der Waals surface area contributed by atoms with Gasteiger partial charge in [-0.05, 0) is 52.3 Å².